The summed E-state index contributed by atoms with van der Waals surface area (Å²) in [7, 11) is 0. The van der Waals surface area contributed by atoms with Gasteiger partial charge in [0.25, 0.3) is 0 Å². The molecule has 2 fully saturated rings. The largest absolute Gasteiger partial charge is 0.392 e. The van der Waals surface area contributed by atoms with Gasteiger partial charge in [-0.2, -0.15) is 0 Å². The lowest BCUT2D eigenvalue weighted by Gasteiger charge is -2.46. The Morgan fingerprint density at radius 2 is 2.12 bits per heavy atom. The lowest BCUT2D eigenvalue weighted by Crippen LogP contribution is -2.64. The molecule has 0 aromatic carbocycles. The van der Waals surface area contributed by atoms with Gasteiger partial charge in [-0.15, -0.1) is 11.8 Å². The van der Waals surface area contributed by atoms with Gasteiger partial charge in [-0.1, -0.05) is 20.8 Å². The molecule has 1 amide bonds. The van der Waals surface area contributed by atoms with Crippen molar-refractivity contribution in [2.24, 2.45) is 11.3 Å². The molecule has 0 aromatic rings. The quantitative estimate of drug-likeness (QED) is 0.746. The van der Waals surface area contributed by atoms with E-state index in [9.17, 15) is 14.7 Å². The molecular weight excluding hydrogens is 238 g/mol. The van der Waals surface area contributed by atoms with Crippen LogP contribution in [0.3, 0.4) is 0 Å². The van der Waals surface area contributed by atoms with Crippen molar-refractivity contribution in [1.82, 2.24) is 4.90 Å². The minimum atomic E-state index is -0.625. The Balaban J connectivity index is 2.13. The fourth-order valence-electron chi connectivity index (χ4n) is 2.44. The number of hydrogen-bond acceptors (Lipinski definition) is 4. The summed E-state index contributed by atoms with van der Waals surface area (Å²) < 4.78 is 0. The maximum absolute atomic E-state index is 12.2. The minimum absolute atomic E-state index is 0.00111. The summed E-state index contributed by atoms with van der Waals surface area (Å²) in [6.45, 7) is 7.27. The van der Waals surface area contributed by atoms with Crippen LogP contribution >= 0.6 is 11.8 Å². The molecule has 0 bridgehead atoms. The average molecular weight is 257 g/mol. The van der Waals surface area contributed by atoms with Gasteiger partial charge in [0, 0.05) is 11.2 Å². The molecule has 2 aliphatic rings. The summed E-state index contributed by atoms with van der Waals surface area (Å²) in [4.78, 5) is 25.8. The van der Waals surface area contributed by atoms with Crippen molar-refractivity contribution in [1.29, 1.82) is 0 Å². The number of ketones is 1. The summed E-state index contributed by atoms with van der Waals surface area (Å²) in [5, 5.41) is 9.53. The van der Waals surface area contributed by atoms with Gasteiger partial charge >= 0.3 is 0 Å². The van der Waals surface area contributed by atoms with E-state index in [4.69, 9.17) is 0 Å². The maximum atomic E-state index is 12.2. The summed E-state index contributed by atoms with van der Waals surface area (Å²) in [5.41, 5.74) is -0.420. The predicted molar refractivity (Wildman–Crippen MR) is 66.5 cm³/mol. The highest BCUT2D eigenvalue weighted by Gasteiger charge is 2.58. The molecule has 5 heteroatoms. The molecule has 17 heavy (non-hydrogen) atoms. The van der Waals surface area contributed by atoms with E-state index in [-0.39, 0.29) is 29.0 Å². The zero-order valence-electron chi connectivity index (χ0n) is 10.6. The van der Waals surface area contributed by atoms with Crippen molar-refractivity contribution in [3.8, 4) is 0 Å². The van der Waals surface area contributed by atoms with E-state index >= 15 is 0 Å². The third kappa shape index (κ3) is 1.89. The summed E-state index contributed by atoms with van der Waals surface area (Å²) in [6.07, 6.45) is -0.625. The summed E-state index contributed by atoms with van der Waals surface area (Å²) in [6, 6.07) is -0.299. The number of carbonyl (C=O) groups excluding carboxylic acids is 2. The Morgan fingerprint density at radius 3 is 2.59 bits per heavy atom. The van der Waals surface area contributed by atoms with Crippen LogP contribution in [0, 0.1) is 11.3 Å². The van der Waals surface area contributed by atoms with Crippen LogP contribution in [0.2, 0.25) is 0 Å². The second kappa shape index (κ2) is 3.99. The highest BCUT2D eigenvalue weighted by Crippen LogP contribution is 2.46. The van der Waals surface area contributed by atoms with Crippen LogP contribution in [0.5, 0.6) is 0 Å². The molecule has 2 aliphatic heterocycles. The molecule has 2 heterocycles. The first-order valence-corrected chi connectivity index (χ1v) is 6.96. The topological polar surface area (TPSA) is 57.6 Å². The molecule has 4 nitrogen and oxygen atoms in total. The van der Waals surface area contributed by atoms with Crippen molar-refractivity contribution in [2.75, 3.05) is 5.75 Å². The molecule has 2 unspecified atom stereocenters. The molecular formula is C12H19NO3S. The highest BCUT2D eigenvalue weighted by molar-refractivity contribution is 8.00. The van der Waals surface area contributed by atoms with E-state index in [1.54, 1.807) is 23.6 Å². The molecule has 0 aliphatic carbocycles. The molecule has 0 radical (unpaired) electrons. The standard InChI is InChI=1S/C12H19NO3S/c1-6(14)8-10(16)13-7(5-17-11(8)13)9(15)12(2,3)4/h6-8,11,14H,5H2,1-4H3/t6?,7?,8-,11-/m0/s1. The van der Waals surface area contributed by atoms with Crippen LogP contribution in [0.25, 0.3) is 0 Å². The van der Waals surface area contributed by atoms with Crippen LogP contribution < -0.4 is 0 Å². The predicted octanol–water partition coefficient (Wildman–Crippen LogP) is 0.882. The number of hydrogen-bond donors (Lipinski definition) is 1. The van der Waals surface area contributed by atoms with E-state index in [0.29, 0.717) is 5.75 Å². The Morgan fingerprint density at radius 1 is 1.53 bits per heavy atom. The number of fused-ring (bicyclic) bond motifs is 1. The third-order valence-corrected chi connectivity index (χ3v) is 4.81. The normalized spacial score (nSPS) is 34.3. The zero-order valence-corrected chi connectivity index (χ0v) is 11.5. The molecule has 1 N–H and O–H groups in total. The van der Waals surface area contributed by atoms with Crippen molar-refractivity contribution < 1.29 is 14.7 Å². The fourth-order valence-corrected chi connectivity index (χ4v) is 4.10. The Bertz CT molecular complexity index is 361. The van der Waals surface area contributed by atoms with Gasteiger partial charge < -0.3 is 10.0 Å². The van der Waals surface area contributed by atoms with E-state index in [0.717, 1.165) is 0 Å². The number of β-lactam (4-membered cyclic amide) rings is 1. The van der Waals surface area contributed by atoms with Gasteiger partial charge in [-0.3, -0.25) is 9.59 Å². The molecule has 0 saturated carbocycles. The number of amides is 1. The molecule has 4 atom stereocenters. The number of aliphatic hydroxyl groups is 1. The van der Waals surface area contributed by atoms with Crippen LogP contribution in [-0.4, -0.2) is 45.0 Å². The van der Waals surface area contributed by atoms with Gasteiger partial charge in [0.05, 0.1) is 17.4 Å². The first-order valence-electron chi connectivity index (χ1n) is 5.91. The van der Waals surface area contributed by atoms with Gasteiger partial charge in [-0.25, -0.2) is 0 Å². The van der Waals surface area contributed by atoms with E-state index in [1.807, 2.05) is 20.8 Å². The van der Waals surface area contributed by atoms with Crippen molar-refractivity contribution in [2.45, 2.75) is 45.2 Å². The molecule has 0 spiro atoms. The molecule has 96 valence electrons. The number of Topliss-reactive ketones (excluding diaryl/α,β-unsaturated/α-hetero) is 1. The Kier molecular flexibility index (Phi) is 3.02. The first kappa shape index (κ1) is 12.9. The number of nitrogens with zero attached hydrogens (tertiary/aromatic N) is 1. The van der Waals surface area contributed by atoms with Crippen LogP contribution in [0.4, 0.5) is 0 Å². The zero-order chi connectivity index (χ0) is 13.0. The fraction of sp³-hybridized carbons (Fsp3) is 0.833. The number of thioether (sulfide) groups is 1. The highest BCUT2D eigenvalue weighted by atomic mass is 32.2. The molecule has 2 saturated heterocycles. The van der Waals surface area contributed by atoms with Crippen LogP contribution in [0.15, 0.2) is 0 Å². The van der Waals surface area contributed by atoms with Crippen LogP contribution in [0.1, 0.15) is 27.7 Å². The van der Waals surface area contributed by atoms with Gasteiger partial charge in [0.2, 0.25) is 5.91 Å². The van der Waals surface area contributed by atoms with Crippen LogP contribution in [-0.2, 0) is 9.59 Å². The van der Waals surface area contributed by atoms with Gasteiger partial charge in [0.15, 0.2) is 5.78 Å². The lowest BCUT2D eigenvalue weighted by molar-refractivity contribution is -0.162. The molecule has 0 aromatic heterocycles. The Hall–Kier alpha value is -0.550. The average Bonchev–Trinajstić information content (AvgIpc) is 2.53. The van der Waals surface area contributed by atoms with E-state index < -0.39 is 11.5 Å². The second-order valence-corrected chi connectivity index (χ2v) is 7.02. The monoisotopic (exact) mass is 257 g/mol. The Labute approximate surface area is 106 Å². The minimum Gasteiger partial charge on any atom is -0.392 e. The van der Waals surface area contributed by atoms with E-state index in [1.165, 1.54) is 0 Å². The van der Waals surface area contributed by atoms with E-state index in [2.05, 4.69) is 0 Å². The number of aliphatic hydroxyl groups excluding tert-OH is 1. The summed E-state index contributed by atoms with van der Waals surface area (Å²) >= 11 is 1.61. The van der Waals surface area contributed by atoms with Crippen molar-refractivity contribution in [3.63, 3.8) is 0 Å². The third-order valence-electron chi connectivity index (χ3n) is 3.44. The first-order chi connectivity index (χ1) is 7.75. The lowest BCUT2D eigenvalue weighted by atomic mass is 9.83. The number of carbonyl (C=O) groups is 2. The second-order valence-electron chi connectivity index (χ2n) is 5.87. The van der Waals surface area contributed by atoms with Crippen molar-refractivity contribution in [3.05, 3.63) is 0 Å². The van der Waals surface area contributed by atoms with Gasteiger partial charge in [-0.05, 0) is 6.92 Å². The van der Waals surface area contributed by atoms with Crippen molar-refractivity contribution >= 4 is 23.5 Å². The van der Waals surface area contributed by atoms with Gasteiger partial charge in [0.1, 0.15) is 6.04 Å². The maximum Gasteiger partial charge on any atom is 0.232 e. The smallest absolute Gasteiger partial charge is 0.232 e. The number of rotatable bonds is 2. The SMILES string of the molecule is CC(O)[C@H]1C(=O)N2C(C(=O)C(C)(C)C)CS[C@@H]12. The summed E-state index contributed by atoms with van der Waals surface area (Å²) in [5.74, 6) is 0.385. The molecule has 2 rings (SSSR count).